The number of hydrogen-bond donors (Lipinski definition) is 0. The van der Waals surface area contributed by atoms with E-state index in [1.54, 1.807) is 13.8 Å². The monoisotopic (exact) mass is 241 g/mol. The summed E-state index contributed by atoms with van der Waals surface area (Å²) in [5.74, 6) is -0.818. The summed E-state index contributed by atoms with van der Waals surface area (Å²) in [6.45, 7) is 3.72. The third-order valence-electron chi connectivity index (χ3n) is 2.19. The Kier molecular flexibility index (Phi) is 4.68. The average Bonchev–Trinajstić information content (AvgIpc) is 2.29. The second kappa shape index (κ2) is 6.03. The zero-order valence-corrected chi connectivity index (χ0v) is 9.84. The van der Waals surface area contributed by atoms with E-state index in [1.807, 2.05) is 0 Å². The molecule has 6 heteroatoms. The molecule has 1 atom stereocenters. The van der Waals surface area contributed by atoms with E-state index in [9.17, 15) is 14.4 Å². The van der Waals surface area contributed by atoms with Crippen molar-refractivity contribution in [2.75, 3.05) is 13.2 Å². The summed E-state index contributed by atoms with van der Waals surface area (Å²) in [6, 6.07) is -0.925. The molecule has 0 fully saturated rings. The van der Waals surface area contributed by atoms with Gasteiger partial charge in [-0.15, -0.1) is 0 Å². The van der Waals surface area contributed by atoms with Crippen molar-refractivity contribution in [1.29, 1.82) is 0 Å². The highest BCUT2D eigenvalue weighted by Crippen LogP contribution is 2.15. The Morgan fingerprint density at radius 2 is 2.00 bits per heavy atom. The molecular formula is C11H15NO5. The number of esters is 1. The van der Waals surface area contributed by atoms with Gasteiger partial charge in [0.25, 0.3) is 0 Å². The minimum atomic E-state index is -0.925. The van der Waals surface area contributed by atoms with Gasteiger partial charge in [-0.2, -0.15) is 0 Å². The first kappa shape index (κ1) is 13.2. The van der Waals surface area contributed by atoms with Gasteiger partial charge >= 0.3 is 12.1 Å². The second-order valence-electron chi connectivity index (χ2n) is 3.36. The summed E-state index contributed by atoms with van der Waals surface area (Å²) in [5.41, 5.74) is 0. The standard InChI is InChI=1S/C11H15NO5/c1-3-16-10(14)9-7-8(13)5-6-12(9)11(15)17-4-2/h5-6,9H,3-4,7H2,1-2H3/t9-/m1/s1. The molecule has 0 radical (unpaired) electrons. The maximum Gasteiger partial charge on any atom is 0.414 e. The lowest BCUT2D eigenvalue weighted by atomic mass is 10.1. The van der Waals surface area contributed by atoms with Crippen molar-refractivity contribution in [1.82, 2.24) is 4.90 Å². The number of nitrogens with zero attached hydrogens (tertiary/aromatic N) is 1. The fraction of sp³-hybridized carbons (Fsp3) is 0.545. The number of carbonyl (C=O) groups is 3. The molecule has 94 valence electrons. The topological polar surface area (TPSA) is 72.9 Å². The molecule has 6 nitrogen and oxygen atoms in total. The molecule has 0 saturated heterocycles. The van der Waals surface area contributed by atoms with Crippen LogP contribution >= 0.6 is 0 Å². The number of hydrogen-bond acceptors (Lipinski definition) is 5. The summed E-state index contributed by atoms with van der Waals surface area (Å²) in [5, 5.41) is 0. The third kappa shape index (κ3) is 3.30. The molecule has 1 aliphatic heterocycles. The first-order valence-corrected chi connectivity index (χ1v) is 5.42. The smallest absolute Gasteiger partial charge is 0.414 e. The van der Waals surface area contributed by atoms with Crippen LogP contribution in [0.15, 0.2) is 12.3 Å². The average molecular weight is 241 g/mol. The molecule has 1 rings (SSSR count). The van der Waals surface area contributed by atoms with Gasteiger partial charge in [0, 0.05) is 12.6 Å². The normalized spacial score (nSPS) is 19.1. The van der Waals surface area contributed by atoms with Crippen LogP contribution in [0.5, 0.6) is 0 Å². The van der Waals surface area contributed by atoms with Crippen molar-refractivity contribution in [3.8, 4) is 0 Å². The van der Waals surface area contributed by atoms with Crippen LogP contribution in [-0.2, 0) is 19.1 Å². The molecule has 1 heterocycles. The lowest BCUT2D eigenvalue weighted by Crippen LogP contribution is -2.46. The van der Waals surface area contributed by atoms with Crippen LogP contribution in [0.25, 0.3) is 0 Å². The molecule has 0 aliphatic carbocycles. The minimum Gasteiger partial charge on any atom is -0.464 e. The number of ketones is 1. The second-order valence-corrected chi connectivity index (χ2v) is 3.36. The molecule has 0 aromatic rings. The predicted molar refractivity (Wildman–Crippen MR) is 58.0 cm³/mol. The van der Waals surface area contributed by atoms with Gasteiger partial charge in [0.05, 0.1) is 13.2 Å². The highest BCUT2D eigenvalue weighted by molar-refractivity contribution is 5.97. The van der Waals surface area contributed by atoms with Crippen molar-refractivity contribution in [3.05, 3.63) is 12.3 Å². The van der Waals surface area contributed by atoms with E-state index in [0.717, 1.165) is 4.90 Å². The summed E-state index contributed by atoms with van der Waals surface area (Å²) >= 11 is 0. The van der Waals surface area contributed by atoms with Crippen LogP contribution < -0.4 is 0 Å². The van der Waals surface area contributed by atoms with Gasteiger partial charge in [0.1, 0.15) is 6.04 Å². The molecule has 0 spiro atoms. The number of allylic oxidation sites excluding steroid dienone is 1. The molecule has 1 aliphatic rings. The molecule has 0 unspecified atom stereocenters. The first-order valence-electron chi connectivity index (χ1n) is 5.42. The van der Waals surface area contributed by atoms with Crippen LogP contribution in [0.2, 0.25) is 0 Å². The van der Waals surface area contributed by atoms with Crippen LogP contribution in [0.1, 0.15) is 20.3 Å². The van der Waals surface area contributed by atoms with Crippen LogP contribution in [0.3, 0.4) is 0 Å². The lowest BCUT2D eigenvalue weighted by molar-refractivity contribution is -0.149. The van der Waals surface area contributed by atoms with Crippen molar-refractivity contribution in [2.45, 2.75) is 26.3 Å². The predicted octanol–water partition coefficient (Wildman–Crippen LogP) is 0.863. The molecule has 1 amide bonds. The molecule has 0 aromatic carbocycles. The van der Waals surface area contributed by atoms with E-state index in [0.29, 0.717) is 0 Å². The molecule has 0 N–H and O–H groups in total. The quantitative estimate of drug-likeness (QED) is 0.685. The van der Waals surface area contributed by atoms with Gasteiger partial charge < -0.3 is 9.47 Å². The third-order valence-corrected chi connectivity index (χ3v) is 2.19. The van der Waals surface area contributed by atoms with E-state index in [1.165, 1.54) is 12.3 Å². The van der Waals surface area contributed by atoms with E-state index in [4.69, 9.17) is 9.47 Å². The van der Waals surface area contributed by atoms with Crippen LogP contribution in [0, 0.1) is 0 Å². The number of ether oxygens (including phenoxy) is 2. The lowest BCUT2D eigenvalue weighted by Gasteiger charge is -2.28. The molecule has 0 saturated carbocycles. The fourth-order valence-electron chi connectivity index (χ4n) is 1.45. The summed E-state index contributed by atoms with van der Waals surface area (Å²) in [4.78, 5) is 35.5. The molecular weight excluding hydrogens is 226 g/mol. The summed E-state index contributed by atoms with van der Waals surface area (Å²) in [7, 11) is 0. The number of amides is 1. The van der Waals surface area contributed by atoms with Crippen molar-refractivity contribution >= 4 is 17.8 Å². The van der Waals surface area contributed by atoms with Crippen LogP contribution in [0.4, 0.5) is 4.79 Å². The van der Waals surface area contributed by atoms with Gasteiger partial charge in [0.2, 0.25) is 0 Å². The number of carbonyl (C=O) groups excluding carboxylic acids is 3. The van der Waals surface area contributed by atoms with E-state index < -0.39 is 18.1 Å². The fourth-order valence-corrected chi connectivity index (χ4v) is 1.45. The van der Waals surface area contributed by atoms with Gasteiger partial charge in [-0.25, -0.2) is 9.59 Å². The highest BCUT2D eigenvalue weighted by Gasteiger charge is 2.34. The Labute approximate surface area is 99.2 Å². The summed E-state index contributed by atoms with van der Waals surface area (Å²) < 4.78 is 9.61. The van der Waals surface area contributed by atoms with Gasteiger partial charge in [-0.1, -0.05) is 0 Å². The SMILES string of the molecule is CCOC(=O)[C@H]1CC(=O)C=CN1C(=O)OCC. The first-order chi connectivity index (χ1) is 8.10. The van der Waals surface area contributed by atoms with E-state index >= 15 is 0 Å². The Morgan fingerprint density at radius 3 is 2.59 bits per heavy atom. The zero-order valence-electron chi connectivity index (χ0n) is 9.84. The maximum atomic E-state index is 11.6. The minimum absolute atomic E-state index is 0.0753. The van der Waals surface area contributed by atoms with E-state index in [-0.39, 0.29) is 25.4 Å². The Bertz CT molecular complexity index is 350. The molecule has 0 aromatic heterocycles. The Morgan fingerprint density at radius 1 is 1.35 bits per heavy atom. The largest absolute Gasteiger partial charge is 0.464 e. The van der Waals surface area contributed by atoms with E-state index in [2.05, 4.69) is 0 Å². The Balaban J connectivity index is 2.82. The van der Waals surface area contributed by atoms with Gasteiger partial charge in [-0.05, 0) is 19.9 Å². The van der Waals surface area contributed by atoms with Crippen molar-refractivity contribution < 1.29 is 23.9 Å². The van der Waals surface area contributed by atoms with Gasteiger partial charge in [0.15, 0.2) is 5.78 Å². The zero-order chi connectivity index (χ0) is 12.8. The van der Waals surface area contributed by atoms with Gasteiger partial charge in [-0.3, -0.25) is 9.69 Å². The number of rotatable bonds is 3. The summed E-state index contributed by atoms with van der Waals surface area (Å²) in [6.07, 6.45) is 1.76. The van der Waals surface area contributed by atoms with Crippen molar-refractivity contribution in [2.24, 2.45) is 0 Å². The molecule has 0 bridgehead atoms. The van der Waals surface area contributed by atoms with Crippen molar-refractivity contribution in [3.63, 3.8) is 0 Å². The Hall–Kier alpha value is -1.85. The molecule has 17 heavy (non-hydrogen) atoms. The maximum absolute atomic E-state index is 11.6. The highest BCUT2D eigenvalue weighted by atomic mass is 16.6. The van der Waals surface area contributed by atoms with Crippen LogP contribution in [-0.4, -0.2) is 42.0 Å².